The second kappa shape index (κ2) is 4.28. The van der Waals surface area contributed by atoms with Crippen molar-refractivity contribution in [2.24, 2.45) is 5.73 Å². The van der Waals surface area contributed by atoms with Crippen molar-refractivity contribution in [1.82, 2.24) is 4.98 Å². The highest BCUT2D eigenvalue weighted by molar-refractivity contribution is 6.30. The molecule has 0 aromatic carbocycles. The fourth-order valence-corrected chi connectivity index (χ4v) is 1.47. The Morgan fingerprint density at radius 1 is 1.36 bits per heavy atom. The van der Waals surface area contributed by atoms with Crippen molar-refractivity contribution in [3.63, 3.8) is 0 Å². The number of nitrogens with zero attached hydrogens (tertiary/aromatic N) is 1. The number of rotatable bonds is 2. The molecule has 3 heteroatoms. The zero-order valence-electron chi connectivity index (χ0n) is 8.97. The van der Waals surface area contributed by atoms with Gasteiger partial charge in [-0.25, -0.2) is 4.98 Å². The van der Waals surface area contributed by atoms with Crippen LogP contribution in [0.4, 0.5) is 0 Å². The molecule has 0 aliphatic carbocycles. The summed E-state index contributed by atoms with van der Waals surface area (Å²) < 4.78 is 0. The number of hydrogen-bond donors (Lipinski definition) is 1. The second-order valence-electron chi connectivity index (χ2n) is 4.44. The molecule has 0 aliphatic heterocycles. The van der Waals surface area contributed by atoms with E-state index in [4.69, 9.17) is 17.3 Å². The van der Waals surface area contributed by atoms with Gasteiger partial charge in [0.15, 0.2) is 0 Å². The van der Waals surface area contributed by atoms with E-state index < -0.39 is 0 Å². The summed E-state index contributed by atoms with van der Waals surface area (Å²) in [7, 11) is 0. The van der Waals surface area contributed by atoms with Gasteiger partial charge in [0, 0.05) is 11.1 Å². The van der Waals surface area contributed by atoms with Gasteiger partial charge in [0.2, 0.25) is 0 Å². The Morgan fingerprint density at radius 3 is 2.43 bits per heavy atom. The maximum Gasteiger partial charge on any atom is 0.132 e. The van der Waals surface area contributed by atoms with Crippen LogP contribution in [0.2, 0.25) is 5.15 Å². The van der Waals surface area contributed by atoms with Gasteiger partial charge in [-0.3, -0.25) is 0 Å². The molecule has 1 aromatic rings. The molecule has 1 aromatic heterocycles. The molecule has 0 amide bonds. The molecule has 78 valence electrons. The van der Waals surface area contributed by atoms with Crippen LogP contribution >= 0.6 is 11.6 Å². The SMILES string of the molecule is CC(C)(C)c1ccc(CCN)c(Cl)n1. The molecule has 14 heavy (non-hydrogen) atoms. The number of aromatic nitrogens is 1. The first kappa shape index (κ1) is 11.5. The Bertz CT molecular complexity index is 316. The number of halogens is 1. The lowest BCUT2D eigenvalue weighted by atomic mass is 9.91. The Labute approximate surface area is 90.5 Å². The average Bonchev–Trinajstić information content (AvgIpc) is 2.07. The highest BCUT2D eigenvalue weighted by Crippen LogP contribution is 2.23. The topological polar surface area (TPSA) is 38.9 Å². The molecular weight excluding hydrogens is 196 g/mol. The van der Waals surface area contributed by atoms with Gasteiger partial charge < -0.3 is 5.73 Å². The quantitative estimate of drug-likeness (QED) is 0.766. The van der Waals surface area contributed by atoms with E-state index in [-0.39, 0.29) is 5.41 Å². The van der Waals surface area contributed by atoms with Crippen LogP contribution in [0.1, 0.15) is 32.0 Å². The van der Waals surface area contributed by atoms with E-state index in [9.17, 15) is 0 Å². The lowest BCUT2D eigenvalue weighted by molar-refractivity contribution is 0.568. The lowest BCUT2D eigenvalue weighted by Gasteiger charge is -2.18. The zero-order valence-corrected chi connectivity index (χ0v) is 9.73. The van der Waals surface area contributed by atoms with Crippen LogP contribution in [0, 0.1) is 0 Å². The largest absolute Gasteiger partial charge is 0.330 e. The maximum absolute atomic E-state index is 6.05. The van der Waals surface area contributed by atoms with Crippen LogP contribution in [0.5, 0.6) is 0 Å². The van der Waals surface area contributed by atoms with Gasteiger partial charge in [0.05, 0.1) is 0 Å². The first-order valence-corrected chi connectivity index (χ1v) is 5.19. The molecule has 0 radical (unpaired) electrons. The summed E-state index contributed by atoms with van der Waals surface area (Å²) in [5.74, 6) is 0. The summed E-state index contributed by atoms with van der Waals surface area (Å²) >= 11 is 6.05. The van der Waals surface area contributed by atoms with Crippen LogP contribution in [-0.2, 0) is 11.8 Å². The number of pyridine rings is 1. The normalized spacial score (nSPS) is 11.8. The standard InChI is InChI=1S/C11H17ClN2/c1-11(2,3)9-5-4-8(6-7-13)10(12)14-9/h4-5H,6-7,13H2,1-3H3. The molecule has 0 saturated carbocycles. The minimum absolute atomic E-state index is 0.0465. The minimum atomic E-state index is 0.0465. The molecule has 0 bridgehead atoms. The Morgan fingerprint density at radius 2 is 2.00 bits per heavy atom. The van der Waals surface area contributed by atoms with Crippen molar-refractivity contribution in [3.8, 4) is 0 Å². The van der Waals surface area contributed by atoms with Crippen LogP contribution in [0.3, 0.4) is 0 Å². The highest BCUT2D eigenvalue weighted by Gasteiger charge is 2.16. The zero-order chi connectivity index (χ0) is 10.8. The molecule has 2 nitrogen and oxygen atoms in total. The van der Waals surface area contributed by atoms with E-state index in [1.807, 2.05) is 12.1 Å². The summed E-state index contributed by atoms with van der Waals surface area (Å²) in [4.78, 5) is 4.37. The smallest absolute Gasteiger partial charge is 0.132 e. The third-order valence-electron chi connectivity index (χ3n) is 2.11. The first-order valence-electron chi connectivity index (χ1n) is 4.81. The van der Waals surface area contributed by atoms with E-state index >= 15 is 0 Å². The van der Waals surface area contributed by atoms with Crippen molar-refractivity contribution in [1.29, 1.82) is 0 Å². The Kier molecular flexibility index (Phi) is 3.51. The molecule has 1 heterocycles. The molecule has 0 atom stereocenters. The van der Waals surface area contributed by atoms with Gasteiger partial charge in [0.1, 0.15) is 5.15 Å². The summed E-state index contributed by atoms with van der Waals surface area (Å²) in [6.07, 6.45) is 0.788. The van der Waals surface area contributed by atoms with Crippen LogP contribution in [0.25, 0.3) is 0 Å². The first-order chi connectivity index (χ1) is 6.45. The van der Waals surface area contributed by atoms with Crippen molar-refractivity contribution < 1.29 is 0 Å². The molecule has 2 N–H and O–H groups in total. The average molecular weight is 213 g/mol. The van der Waals surface area contributed by atoms with E-state index in [0.29, 0.717) is 11.7 Å². The van der Waals surface area contributed by atoms with Crippen molar-refractivity contribution >= 4 is 11.6 Å². The van der Waals surface area contributed by atoms with Gasteiger partial charge in [-0.05, 0) is 24.6 Å². The summed E-state index contributed by atoms with van der Waals surface area (Å²) in [5, 5.41) is 0.586. The molecule has 0 spiro atoms. The van der Waals surface area contributed by atoms with Crippen LogP contribution in [0.15, 0.2) is 12.1 Å². The number of hydrogen-bond acceptors (Lipinski definition) is 2. The molecule has 0 fully saturated rings. The second-order valence-corrected chi connectivity index (χ2v) is 4.79. The Hall–Kier alpha value is -0.600. The van der Waals surface area contributed by atoms with Crippen molar-refractivity contribution in [2.45, 2.75) is 32.6 Å². The maximum atomic E-state index is 6.05. The third kappa shape index (κ3) is 2.69. The van der Waals surface area contributed by atoms with E-state index in [1.165, 1.54) is 0 Å². The monoisotopic (exact) mass is 212 g/mol. The van der Waals surface area contributed by atoms with Crippen LogP contribution < -0.4 is 5.73 Å². The molecule has 0 saturated heterocycles. The highest BCUT2D eigenvalue weighted by atomic mass is 35.5. The van der Waals surface area contributed by atoms with Crippen LogP contribution in [-0.4, -0.2) is 11.5 Å². The van der Waals surface area contributed by atoms with E-state index in [1.54, 1.807) is 0 Å². The van der Waals surface area contributed by atoms with E-state index in [2.05, 4.69) is 25.8 Å². The fraction of sp³-hybridized carbons (Fsp3) is 0.545. The number of nitrogens with two attached hydrogens (primary N) is 1. The Balaban J connectivity index is 3.01. The summed E-state index contributed by atoms with van der Waals surface area (Å²) in [6.45, 7) is 6.97. The van der Waals surface area contributed by atoms with Gasteiger partial charge in [-0.15, -0.1) is 0 Å². The predicted molar refractivity (Wildman–Crippen MR) is 60.7 cm³/mol. The summed E-state index contributed by atoms with van der Waals surface area (Å²) in [6, 6.07) is 4.04. The van der Waals surface area contributed by atoms with Crippen molar-refractivity contribution in [2.75, 3.05) is 6.54 Å². The fourth-order valence-electron chi connectivity index (χ4n) is 1.22. The molecule has 1 rings (SSSR count). The van der Waals surface area contributed by atoms with Gasteiger partial charge >= 0.3 is 0 Å². The summed E-state index contributed by atoms with van der Waals surface area (Å²) in [5.41, 5.74) is 7.56. The van der Waals surface area contributed by atoms with Gasteiger partial charge in [0.25, 0.3) is 0 Å². The van der Waals surface area contributed by atoms with Gasteiger partial charge in [-0.2, -0.15) is 0 Å². The van der Waals surface area contributed by atoms with Crippen molar-refractivity contribution in [3.05, 3.63) is 28.5 Å². The minimum Gasteiger partial charge on any atom is -0.330 e. The van der Waals surface area contributed by atoms with E-state index in [0.717, 1.165) is 17.7 Å². The van der Waals surface area contributed by atoms with Gasteiger partial charge in [-0.1, -0.05) is 38.4 Å². The predicted octanol–water partition coefficient (Wildman–Crippen LogP) is 2.53. The lowest BCUT2D eigenvalue weighted by Crippen LogP contribution is -2.14. The molecule has 0 unspecified atom stereocenters. The molecule has 0 aliphatic rings. The third-order valence-corrected chi connectivity index (χ3v) is 2.44. The molecular formula is C11H17ClN2.